The number of hydrogen-bond donors (Lipinski definition) is 0. The summed E-state index contributed by atoms with van der Waals surface area (Å²) in [6, 6.07) is 18.2. The highest BCUT2D eigenvalue weighted by Gasteiger charge is 2.25. The number of benzene rings is 2. The van der Waals surface area contributed by atoms with E-state index < -0.39 is 0 Å². The van der Waals surface area contributed by atoms with Crippen molar-refractivity contribution in [2.24, 2.45) is 10.8 Å². The van der Waals surface area contributed by atoms with Crippen LogP contribution >= 0.6 is 22.7 Å². The lowest BCUT2D eigenvalue weighted by Crippen LogP contribution is -2.15. The van der Waals surface area contributed by atoms with E-state index in [2.05, 4.69) is 124 Å². The van der Waals surface area contributed by atoms with Crippen molar-refractivity contribution < 1.29 is 4.74 Å². The standard InChI is InChI=1S/C52H82N4OS2/c1-9-13-17-19-21-27-47-53-55-49(58-47)43-33-29-41(30-34-43)45(25-23-39-51(5,6)37-15-11-3)57-46(26-24-40-52(7,8)38-16-12-4)42-31-35-44(36-32-42)50-56-54-48(59-50)28-22-20-18-14-10-2/h29-36,45-46H,9-28,37-40H2,1-8H3. The van der Waals surface area contributed by atoms with Crippen LogP contribution in [0.2, 0.25) is 0 Å². The fourth-order valence-electron chi connectivity index (χ4n) is 8.30. The van der Waals surface area contributed by atoms with Crippen LogP contribution in [-0.4, -0.2) is 20.4 Å². The highest BCUT2D eigenvalue weighted by atomic mass is 32.1. The monoisotopic (exact) mass is 843 g/mol. The molecule has 2 atom stereocenters. The van der Waals surface area contributed by atoms with E-state index >= 15 is 0 Å². The molecule has 0 spiro atoms. The van der Waals surface area contributed by atoms with Gasteiger partial charge in [-0.15, -0.1) is 20.4 Å². The lowest BCUT2D eigenvalue weighted by molar-refractivity contribution is -0.0284. The molecule has 0 N–H and O–H groups in total. The molecule has 0 aliphatic carbocycles. The number of rotatable bonds is 32. The molecule has 2 aromatic heterocycles. The van der Waals surface area contributed by atoms with Gasteiger partial charge in [0.25, 0.3) is 0 Å². The van der Waals surface area contributed by atoms with E-state index in [1.165, 1.54) is 127 Å². The summed E-state index contributed by atoms with van der Waals surface area (Å²) in [6.07, 6.45) is 29.3. The van der Waals surface area contributed by atoms with Crippen LogP contribution in [0, 0.1) is 10.8 Å². The molecule has 0 aliphatic heterocycles. The van der Waals surface area contributed by atoms with Crippen molar-refractivity contribution in [3.63, 3.8) is 0 Å². The summed E-state index contributed by atoms with van der Waals surface area (Å²) in [4.78, 5) is 0. The first-order valence-corrected chi connectivity index (χ1v) is 25.7. The Hall–Kier alpha value is -2.48. The first-order valence-electron chi connectivity index (χ1n) is 24.1. The Kier molecular flexibility index (Phi) is 22.3. The van der Waals surface area contributed by atoms with Crippen molar-refractivity contribution in [1.82, 2.24) is 20.4 Å². The van der Waals surface area contributed by atoms with Crippen molar-refractivity contribution in [3.05, 3.63) is 69.7 Å². The van der Waals surface area contributed by atoms with E-state index in [0.717, 1.165) is 69.7 Å². The second-order valence-electron chi connectivity index (χ2n) is 19.0. The molecule has 4 rings (SSSR count). The largest absolute Gasteiger partial charge is 0.366 e. The molecule has 2 unspecified atom stereocenters. The average Bonchev–Trinajstić information content (AvgIpc) is 3.92. The van der Waals surface area contributed by atoms with Crippen LogP contribution < -0.4 is 0 Å². The maximum absolute atomic E-state index is 7.41. The zero-order valence-corrected chi connectivity index (χ0v) is 40.4. The first kappa shape index (κ1) is 49.2. The number of nitrogens with zero attached hydrogens (tertiary/aromatic N) is 4. The van der Waals surface area contributed by atoms with Crippen molar-refractivity contribution in [2.45, 2.75) is 222 Å². The van der Waals surface area contributed by atoms with Gasteiger partial charge in [-0.3, -0.25) is 0 Å². The molecule has 2 aromatic carbocycles. The third-order valence-corrected chi connectivity index (χ3v) is 14.4. The van der Waals surface area contributed by atoms with Gasteiger partial charge in [0, 0.05) is 24.0 Å². The molecular weight excluding hydrogens is 761 g/mol. The zero-order valence-electron chi connectivity index (χ0n) is 38.8. The summed E-state index contributed by atoms with van der Waals surface area (Å²) in [6.45, 7) is 19.0. The molecule has 0 fully saturated rings. The smallest absolute Gasteiger partial charge is 0.147 e. The van der Waals surface area contributed by atoms with Gasteiger partial charge >= 0.3 is 0 Å². The summed E-state index contributed by atoms with van der Waals surface area (Å²) in [5.74, 6) is 0. The summed E-state index contributed by atoms with van der Waals surface area (Å²) in [5.41, 5.74) is 5.52. The Morgan fingerprint density at radius 3 is 1.17 bits per heavy atom. The number of ether oxygens (including phenoxy) is 1. The molecule has 0 amide bonds. The minimum absolute atomic E-state index is 0.0138. The molecule has 0 saturated heterocycles. The van der Waals surface area contributed by atoms with Gasteiger partial charge in [0.2, 0.25) is 0 Å². The first-order chi connectivity index (χ1) is 28.6. The van der Waals surface area contributed by atoms with Crippen molar-refractivity contribution in [2.75, 3.05) is 0 Å². The van der Waals surface area contributed by atoms with Crippen LogP contribution in [0.15, 0.2) is 48.5 Å². The van der Waals surface area contributed by atoms with Crippen LogP contribution in [0.3, 0.4) is 0 Å². The van der Waals surface area contributed by atoms with Crippen molar-refractivity contribution in [3.8, 4) is 21.1 Å². The lowest BCUT2D eigenvalue weighted by Gasteiger charge is -2.30. The van der Waals surface area contributed by atoms with E-state index in [1.807, 2.05) is 0 Å². The van der Waals surface area contributed by atoms with Crippen molar-refractivity contribution in [1.29, 1.82) is 0 Å². The number of hydrogen-bond acceptors (Lipinski definition) is 7. The van der Waals surface area contributed by atoms with Gasteiger partial charge in [0.1, 0.15) is 20.0 Å². The van der Waals surface area contributed by atoms with E-state index in [9.17, 15) is 0 Å². The number of aromatic nitrogens is 4. The Morgan fingerprint density at radius 2 is 0.797 bits per heavy atom. The fourth-order valence-corrected chi connectivity index (χ4v) is 10.1. The number of aryl methyl sites for hydroxylation is 2. The van der Waals surface area contributed by atoms with Crippen LogP contribution in [0.5, 0.6) is 0 Å². The molecule has 59 heavy (non-hydrogen) atoms. The SMILES string of the molecule is CCCCCCCc1nnc(-c2ccc(C(CCCC(C)(C)CCCC)OC(CCCC(C)(C)CCCC)c3ccc(-c4nnc(CCCCCCC)s4)cc3)cc2)s1. The lowest BCUT2D eigenvalue weighted by atomic mass is 9.81. The minimum Gasteiger partial charge on any atom is -0.366 e. The average molecular weight is 843 g/mol. The molecule has 7 heteroatoms. The molecule has 0 saturated carbocycles. The molecular formula is C52H82N4OS2. The van der Waals surface area contributed by atoms with E-state index in [-0.39, 0.29) is 12.2 Å². The third kappa shape index (κ3) is 18.2. The van der Waals surface area contributed by atoms with Gasteiger partial charge in [-0.05, 0) is 86.2 Å². The normalized spacial score (nSPS) is 13.3. The Morgan fingerprint density at radius 1 is 0.441 bits per heavy atom. The van der Waals surface area contributed by atoms with Crippen LogP contribution in [0.25, 0.3) is 21.1 Å². The molecule has 328 valence electrons. The van der Waals surface area contributed by atoms with Gasteiger partial charge in [0.15, 0.2) is 0 Å². The van der Waals surface area contributed by atoms with Gasteiger partial charge in [-0.25, -0.2) is 0 Å². The predicted octanol–water partition coefficient (Wildman–Crippen LogP) is 17.3. The second-order valence-corrected chi connectivity index (χ2v) is 21.1. The topological polar surface area (TPSA) is 60.8 Å². The maximum Gasteiger partial charge on any atom is 0.147 e. The molecule has 0 bridgehead atoms. The van der Waals surface area contributed by atoms with E-state index in [1.54, 1.807) is 22.7 Å². The summed E-state index contributed by atoms with van der Waals surface area (Å²) in [7, 11) is 0. The zero-order chi connectivity index (χ0) is 42.4. The molecule has 0 radical (unpaired) electrons. The Balaban J connectivity index is 1.54. The highest BCUT2D eigenvalue weighted by molar-refractivity contribution is 7.15. The minimum atomic E-state index is 0.0138. The molecule has 2 heterocycles. The predicted molar refractivity (Wildman–Crippen MR) is 256 cm³/mol. The summed E-state index contributed by atoms with van der Waals surface area (Å²) < 4.78 is 7.41. The quantitative estimate of drug-likeness (QED) is 0.0458. The summed E-state index contributed by atoms with van der Waals surface area (Å²) >= 11 is 3.51. The summed E-state index contributed by atoms with van der Waals surface area (Å²) in [5, 5.41) is 22.7. The van der Waals surface area contributed by atoms with Crippen molar-refractivity contribution >= 4 is 22.7 Å². The fraction of sp³-hybridized carbons (Fsp3) is 0.692. The number of unbranched alkanes of at least 4 members (excludes halogenated alkanes) is 10. The van der Waals surface area contributed by atoms with Crippen LogP contribution in [0.4, 0.5) is 0 Å². The van der Waals surface area contributed by atoms with Gasteiger partial charge in [0.05, 0.1) is 12.2 Å². The van der Waals surface area contributed by atoms with Gasteiger partial charge in [-0.2, -0.15) is 0 Å². The molecule has 0 aliphatic rings. The molecule has 5 nitrogen and oxygen atoms in total. The van der Waals surface area contributed by atoms with Gasteiger partial charge in [-0.1, -0.05) is 204 Å². The van der Waals surface area contributed by atoms with Crippen LogP contribution in [-0.2, 0) is 17.6 Å². The Labute approximate surface area is 369 Å². The molecule has 4 aromatic rings. The van der Waals surface area contributed by atoms with E-state index in [4.69, 9.17) is 4.74 Å². The van der Waals surface area contributed by atoms with Gasteiger partial charge < -0.3 is 4.74 Å². The van der Waals surface area contributed by atoms with E-state index in [0.29, 0.717) is 10.8 Å². The second kappa shape index (κ2) is 26.8. The Bertz CT molecular complexity index is 1550. The van der Waals surface area contributed by atoms with Crippen LogP contribution in [0.1, 0.15) is 230 Å². The maximum atomic E-state index is 7.41. The highest BCUT2D eigenvalue weighted by Crippen LogP contribution is 2.39. The third-order valence-electron chi connectivity index (χ3n) is 12.4.